The second-order valence-electron chi connectivity index (χ2n) is 4.65. The monoisotopic (exact) mass is 278 g/mol. The van der Waals surface area contributed by atoms with E-state index < -0.39 is 6.04 Å². The molecule has 1 aromatic rings. The lowest BCUT2D eigenvalue weighted by atomic mass is 10.1. The summed E-state index contributed by atoms with van der Waals surface area (Å²) in [6.45, 7) is 1.51. The van der Waals surface area contributed by atoms with Gasteiger partial charge in [0.15, 0.2) is 5.78 Å². The van der Waals surface area contributed by atoms with E-state index in [1.165, 1.54) is 12.1 Å². The molecule has 1 aliphatic heterocycles. The fourth-order valence-corrected chi connectivity index (χ4v) is 2.16. The van der Waals surface area contributed by atoms with Crippen LogP contribution in [0.15, 0.2) is 24.3 Å². The predicted molar refractivity (Wildman–Crippen MR) is 72.7 cm³/mol. The summed E-state index contributed by atoms with van der Waals surface area (Å²) < 4.78 is 5.29. The molecule has 2 rings (SSSR count). The van der Waals surface area contributed by atoms with E-state index >= 15 is 0 Å². The average molecular weight is 278 g/mol. The summed E-state index contributed by atoms with van der Waals surface area (Å²) in [5.74, 6) is -0.111. The number of morpholine rings is 1. The van der Waals surface area contributed by atoms with Crippen LogP contribution in [0.3, 0.4) is 0 Å². The van der Waals surface area contributed by atoms with Crippen molar-refractivity contribution in [1.82, 2.24) is 10.2 Å². The van der Waals surface area contributed by atoms with Crippen molar-refractivity contribution in [2.75, 3.05) is 33.4 Å². The number of rotatable bonds is 4. The van der Waals surface area contributed by atoms with Crippen molar-refractivity contribution in [2.24, 2.45) is 0 Å². The van der Waals surface area contributed by atoms with Gasteiger partial charge in [-0.3, -0.25) is 14.5 Å². The molecule has 1 aromatic carbocycles. The Kier molecular flexibility index (Phi) is 4.70. The number of phenolic OH excluding ortho intramolecular Hbond substituents is 1. The summed E-state index contributed by atoms with van der Waals surface area (Å²) in [5.41, 5.74) is 0.518. The Hall–Kier alpha value is -1.92. The van der Waals surface area contributed by atoms with Crippen LogP contribution in [0.25, 0.3) is 0 Å². The van der Waals surface area contributed by atoms with Gasteiger partial charge in [0.25, 0.3) is 0 Å². The zero-order valence-corrected chi connectivity index (χ0v) is 11.3. The van der Waals surface area contributed by atoms with Gasteiger partial charge in [0, 0.05) is 19.2 Å². The highest BCUT2D eigenvalue weighted by Crippen LogP contribution is 2.13. The minimum atomic E-state index is -0.435. The third-order valence-corrected chi connectivity index (χ3v) is 3.32. The predicted octanol–water partition coefficient (Wildman–Crippen LogP) is 0.0217. The molecule has 108 valence electrons. The number of nitrogens with zero attached hydrogens (tertiary/aromatic N) is 1. The number of hydrogen-bond donors (Lipinski definition) is 2. The molecule has 0 bridgehead atoms. The maximum Gasteiger partial charge on any atom is 0.239 e. The number of likely N-dealkylation sites (N-methyl/N-ethyl adjacent to an activating group) is 1. The molecule has 0 aromatic heterocycles. The average Bonchev–Trinajstić information content (AvgIpc) is 2.47. The zero-order valence-electron chi connectivity index (χ0n) is 11.3. The second kappa shape index (κ2) is 6.49. The van der Waals surface area contributed by atoms with Gasteiger partial charge in [0.1, 0.15) is 11.8 Å². The lowest BCUT2D eigenvalue weighted by Gasteiger charge is -2.33. The van der Waals surface area contributed by atoms with Gasteiger partial charge in [0.2, 0.25) is 5.91 Å². The molecule has 20 heavy (non-hydrogen) atoms. The summed E-state index contributed by atoms with van der Waals surface area (Å²) in [6.07, 6.45) is 0. The second-order valence-corrected chi connectivity index (χ2v) is 4.65. The van der Waals surface area contributed by atoms with Gasteiger partial charge < -0.3 is 15.2 Å². The maximum atomic E-state index is 12.2. The van der Waals surface area contributed by atoms with Crippen molar-refractivity contribution in [3.8, 4) is 5.75 Å². The van der Waals surface area contributed by atoms with E-state index in [2.05, 4.69) is 5.32 Å². The number of carbonyl (C=O) groups is 2. The Labute approximate surface area is 117 Å². The fourth-order valence-electron chi connectivity index (χ4n) is 2.16. The first-order valence-electron chi connectivity index (χ1n) is 6.47. The van der Waals surface area contributed by atoms with Gasteiger partial charge >= 0.3 is 0 Å². The molecule has 1 unspecified atom stereocenters. The van der Waals surface area contributed by atoms with E-state index in [0.717, 1.165) is 0 Å². The third-order valence-electron chi connectivity index (χ3n) is 3.32. The topological polar surface area (TPSA) is 78.9 Å². The van der Waals surface area contributed by atoms with Crippen molar-refractivity contribution in [3.05, 3.63) is 29.8 Å². The number of benzene rings is 1. The maximum absolute atomic E-state index is 12.2. The van der Waals surface area contributed by atoms with Gasteiger partial charge in [-0.2, -0.15) is 0 Å². The number of hydrogen-bond acceptors (Lipinski definition) is 5. The van der Waals surface area contributed by atoms with Gasteiger partial charge in [-0.25, -0.2) is 0 Å². The Morgan fingerprint density at radius 2 is 2.10 bits per heavy atom. The normalized spacial score (nSPS) is 19.6. The first-order valence-corrected chi connectivity index (χ1v) is 6.47. The Morgan fingerprint density at radius 3 is 2.75 bits per heavy atom. The minimum Gasteiger partial charge on any atom is -0.508 e. The van der Waals surface area contributed by atoms with Crippen LogP contribution in [0.4, 0.5) is 0 Å². The molecular formula is C14H18N2O4. The molecule has 0 spiro atoms. The number of nitrogens with one attached hydrogen (secondary N) is 1. The number of carbonyl (C=O) groups excluding carboxylic acids is 2. The molecule has 0 radical (unpaired) electrons. The van der Waals surface area contributed by atoms with Crippen LogP contribution in [0.1, 0.15) is 10.4 Å². The van der Waals surface area contributed by atoms with Crippen LogP contribution in [0.2, 0.25) is 0 Å². The van der Waals surface area contributed by atoms with Crippen LogP contribution < -0.4 is 5.32 Å². The Morgan fingerprint density at radius 1 is 1.40 bits per heavy atom. The summed E-state index contributed by atoms with van der Waals surface area (Å²) in [5, 5.41) is 11.8. The van der Waals surface area contributed by atoms with Crippen LogP contribution >= 0.6 is 0 Å². The van der Waals surface area contributed by atoms with Gasteiger partial charge in [-0.05, 0) is 24.3 Å². The van der Waals surface area contributed by atoms with Crippen LogP contribution in [-0.4, -0.2) is 61.1 Å². The molecule has 6 nitrogen and oxygen atoms in total. The van der Waals surface area contributed by atoms with Crippen molar-refractivity contribution in [1.29, 1.82) is 0 Å². The number of aromatic hydroxyl groups is 1. The lowest BCUT2D eigenvalue weighted by molar-refractivity contribution is -0.131. The van der Waals surface area contributed by atoms with Gasteiger partial charge in [-0.15, -0.1) is 0 Å². The van der Waals surface area contributed by atoms with Crippen molar-refractivity contribution < 1.29 is 19.4 Å². The molecule has 1 heterocycles. The molecule has 6 heteroatoms. The zero-order chi connectivity index (χ0) is 14.5. The summed E-state index contributed by atoms with van der Waals surface area (Å²) >= 11 is 0. The van der Waals surface area contributed by atoms with E-state index in [4.69, 9.17) is 4.74 Å². The minimum absolute atomic E-state index is 0.0826. The largest absolute Gasteiger partial charge is 0.508 e. The highest BCUT2D eigenvalue weighted by atomic mass is 16.5. The molecule has 1 amide bonds. The van der Waals surface area contributed by atoms with E-state index in [-0.39, 0.29) is 24.0 Å². The molecule has 0 saturated carbocycles. The number of ketones is 1. The number of phenols is 1. The van der Waals surface area contributed by atoms with Crippen LogP contribution in [-0.2, 0) is 9.53 Å². The number of Topliss-reactive ketones (excluding diaryl/α,β-unsaturated/α-hetero) is 1. The third kappa shape index (κ3) is 3.34. The van der Waals surface area contributed by atoms with E-state index in [9.17, 15) is 14.7 Å². The van der Waals surface area contributed by atoms with Crippen LogP contribution in [0, 0.1) is 0 Å². The summed E-state index contributed by atoms with van der Waals surface area (Å²) in [6, 6.07) is 5.67. The van der Waals surface area contributed by atoms with Crippen LogP contribution in [0.5, 0.6) is 5.75 Å². The van der Waals surface area contributed by atoms with Gasteiger partial charge in [0.05, 0.1) is 19.8 Å². The smallest absolute Gasteiger partial charge is 0.239 e. The lowest BCUT2D eigenvalue weighted by Crippen LogP contribution is -2.54. The first-order chi connectivity index (χ1) is 9.61. The van der Waals surface area contributed by atoms with E-state index in [0.29, 0.717) is 25.3 Å². The molecule has 0 aliphatic carbocycles. The summed E-state index contributed by atoms with van der Waals surface area (Å²) in [7, 11) is 1.57. The number of amides is 1. The standard InChI is InChI=1S/C14H18N2O4/c1-15-14(19)12-9-20-7-6-16(12)8-13(18)10-2-4-11(17)5-3-10/h2-5,12,17H,6-9H2,1H3,(H,15,19). The fraction of sp³-hybridized carbons (Fsp3) is 0.429. The highest BCUT2D eigenvalue weighted by molar-refractivity contribution is 5.98. The van der Waals surface area contributed by atoms with Crippen molar-refractivity contribution in [2.45, 2.75) is 6.04 Å². The first kappa shape index (κ1) is 14.5. The molecule has 1 aliphatic rings. The highest BCUT2D eigenvalue weighted by Gasteiger charge is 2.30. The molecular weight excluding hydrogens is 260 g/mol. The molecule has 1 fully saturated rings. The van der Waals surface area contributed by atoms with E-state index in [1.54, 1.807) is 19.2 Å². The molecule has 1 atom stereocenters. The van der Waals surface area contributed by atoms with E-state index in [1.807, 2.05) is 4.90 Å². The quantitative estimate of drug-likeness (QED) is 0.759. The van der Waals surface area contributed by atoms with Gasteiger partial charge in [-0.1, -0.05) is 0 Å². The molecule has 2 N–H and O–H groups in total. The van der Waals surface area contributed by atoms with Crippen molar-refractivity contribution in [3.63, 3.8) is 0 Å². The molecule has 1 saturated heterocycles. The van der Waals surface area contributed by atoms with Crippen molar-refractivity contribution >= 4 is 11.7 Å². The Bertz CT molecular complexity index is 486. The Balaban J connectivity index is 2.04. The summed E-state index contributed by atoms with van der Waals surface area (Å²) in [4.78, 5) is 25.8. The SMILES string of the molecule is CNC(=O)C1COCCN1CC(=O)c1ccc(O)cc1. The number of ether oxygens (including phenoxy) is 1.